The molecule has 1 aliphatic rings. The molecule has 5 nitrogen and oxygen atoms in total. The van der Waals surface area contributed by atoms with Crippen LogP contribution in [0.2, 0.25) is 0 Å². The molecule has 0 aliphatic carbocycles. The number of piperazine rings is 1. The molecular weight excluding hydrogens is 371 g/mol. The van der Waals surface area contributed by atoms with Gasteiger partial charge in [-0.3, -0.25) is 4.79 Å². The minimum absolute atomic E-state index is 0.0204. The van der Waals surface area contributed by atoms with Crippen molar-refractivity contribution in [3.05, 3.63) is 33.4 Å². The molecule has 20 heavy (non-hydrogen) atoms. The van der Waals surface area contributed by atoms with E-state index < -0.39 is 0 Å². The molecule has 2 amide bonds. The molecule has 1 heterocycles. The summed E-state index contributed by atoms with van der Waals surface area (Å²) < 4.78 is 6.00. The van der Waals surface area contributed by atoms with Crippen LogP contribution < -0.4 is 0 Å². The van der Waals surface area contributed by atoms with E-state index in [4.69, 9.17) is 4.74 Å². The Morgan fingerprint density at radius 2 is 1.85 bits per heavy atom. The van der Waals surface area contributed by atoms with Gasteiger partial charge in [-0.15, -0.1) is 0 Å². The fourth-order valence-corrected chi connectivity index (χ4v) is 2.65. The van der Waals surface area contributed by atoms with Crippen LogP contribution in [-0.4, -0.2) is 54.6 Å². The van der Waals surface area contributed by atoms with E-state index in [-0.39, 0.29) is 12.0 Å². The predicted octanol–water partition coefficient (Wildman–Crippen LogP) is 2.21. The van der Waals surface area contributed by atoms with Gasteiger partial charge < -0.3 is 14.5 Å². The van der Waals surface area contributed by atoms with Crippen molar-refractivity contribution < 1.29 is 14.3 Å². The van der Waals surface area contributed by atoms with Crippen molar-refractivity contribution in [3.63, 3.8) is 0 Å². The SMILES string of the molecule is CCOC(=O)N1CCN(C(=O)c2cccc(I)c2)CC1. The van der Waals surface area contributed by atoms with Gasteiger partial charge in [-0.2, -0.15) is 0 Å². The zero-order valence-electron chi connectivity index (χ0n) is 11.3. The Hall–Kier alpha value is -1.31. The van der Waals surface area contributed by atoms with Crippen molar-refractivity contribution >= 4 is 34.6 Å². The van der Waals surface area contributed by atoms with E-state index in [0.29, 0.717) is 38.3 Å². The first kappa shape index (κ1) is 15.1. The molecule has 0 atom stereocenters. The van der Waals surface area contributed by atoms with E-state index in [1.54, 1.807) is 16.7 Å². The van der Waals surface area contributed by atoms with Gasteiger partial charge in [-0.05, 0) is 47.7 Å². The lowest BCUT2D eigenvalue weighted by Gasteiger charge is -2.34. The maximum atomic E-state index is 12.3. The number of carbonyl (C=O) groups is 2. The number of carbonyl (C=O) groups excluding carboxylic acids is 2. The number of hydrogen-bond donors (Lipinski definition) is 0. The van der Waals surface area contributed by atoms with Crippen LogP contribution in [0.3, 0.4) is 0 Å². The molecule has 1 fully saturated rings. The van der Waals surface area contributed by atoms with E-state index >= 15 is 0 Å². The molecule has 0 unspecified atom stereocenters. The Morgan fingerprint density at radius 1 is 1.20 bits per heavy atom. The number of amides is 2. The summed E-state index contributed by atoms with van der Waals surface area (Å²) in [5.74, 6) is 0.0204. The summed E-state index contributed by atoms with van der Waals surface area (Å²) in [6.07, 6.45) is -0.297. The monoisotopic (exact) mass is 388 g/mol. The largest absolute Gasteiger partial charge is 0.450 e. The Kier molecular flexibility index (Phi) is 5.22. The molecule has 108 valence electrons. The van der Waals surface area contributed by atoms with E-state index in [2.05, 4.69) is 22.6 Å². The highest BCUT2D eigenvalue weighted by molar-refractivity contribution is 14.1. The van der Waals surface area contributed by atoms with Crippen molar-refractivity contribution in [2.75, 3.05) is 32.8 Å². The first-order valence-corrected chi connectivity index (χ1v) is 7.66. The fourth-order valence-electron chi connectivity index (χ4n) is 2.11. The maximum absolute atomic E-state index is 12.3. The molecule has 0 aromatic heterocycles. The second kappa shape index (κ2) is 6.92. The maximum Gasteiger partial charge on any atom is 0.409 e. The van der Waals surface area contributed by atoms with E-state index in [0.717, 1.165) is 3.57 Å². The second-order valence-corrected chi connectivity index (χ2v) is 5.73. The van der Waals surface area contributed by atoms with Gasteiger partial charge >= 0.3 is 6.09 Å². The summed E-state index contributed by atoms with van der Waals surface area (Å²) in [4.78, 5) is 27.4. The van der Waals surface area contributed by atoms with Gasteiger partial charge in [0.05, 0.1) is 6.61 Å². The molecule has 1 aromatic carbocycles. The van der Waals surface area contributed by atoms with Crippen LogP contribution in [0.25, 0.3) is 0 Å². The Labute approximate surface area is 132 Å². The van der Waals surface area contributed by atoms with Crippen LogP contribution in [-0.2, 0) is 4.74 Å². The fraction of sp³-hybridized carbons (Fsp3) is 0.429. The third-order valence-electron chi connectivity index (χ3n) is 3.16. The zero-order chi connectivity index (χ0) is 14.5. The zero-order valence-corrected chi connectivity index (χ0v) is 13.5. The summed E-state index contributed by atoms with van der Waals surface area (Å²) in [6.45, 7) is 4.30. The third kappa shape index (κ3) is 3.62. The van der Waals surface area contributed by atoms with Crippen LogP contribution in [0.5, 0.6) is 0 Å². The minimum atomic E-state index is -0.297. The molecule has 1 aromatic rings. The molecule has 2 rings (SSSR count). The van der Waals surface area contributed by atoms with Gasteiger partial charge in [0, 0.05) is 35.3 Å². The van der Waals surface area contributed by atoms with Crippen LogP contribution in [0.15, 0.2) is 24.3 Å². The minimum Gasteiger partial charge on any atom is -0.450 e. The quantitative estimate of drug-likeness (QED) is 0.731. The lowest BCUT2D eigenvalue weighted by molar-refractivity contribution is 0.0570. The third-order valence-corrected chi connectivity index (χ3v) is 3.84. The number of nitrogens with zero attached hydrogens (tertiary/aromatic N) is 2. The molecular formula is C14H17IN2O3. The normalized spacial score (nSPS) is 15.1. The van der Waals surface area contributed by atoms with Crippen LogP contribution in [0.4, 0.5) is 4.79 Å². The molecule has 1 aliphatic heterocycles. The Balaban J connectivity index is 1.93. The average Bonchev–Trinajstić information content (AvgIpc) is 2.47. The summed E-state index contributed by atoms with van der Waals surface area (Å²) in [5.41, 5.74) is 0.696. The molecule has 0 bridgehead atoms. The second-order valence-electron chi connectivity index (χ2n) is 4.49. The van der Waals surface area contributed by atoms with Crippen LogP contribution >= 0.6 is 22.6 Å². The highest BCUT2D eigenvalue weighted by Crippen LogP contribution is 2.12. The molecule has 6 heteroatoms. The molecule has 0 radical (unpaired) electrons. The Bertz CT molecular complexity index is 499. The lowest BCUT2D eigenvalue weighted by atomic mass is 10.2. The van der Waals surface area contributed by atoms with Gasteiger partial charge in [0.15, 0.2) is 0 Å². The van der Waals surface area contributed by atoms with Crippen molar-refractivity contribution in [2.24, 2.45) is 0 Å². The highest BCUT2D eigenvalue weighted by atomic mass is 127. The first-order valence-electron chi connectivity index (χ1n) is 6.58. The van der Waals surface area contributed by atoms with Crippen molar-refractivity contribution in [1.29, 1.82) is 0 Å². The van der Waals surface area contributed by atoms with Crippen molar-refractivity contribution in [3.8, 4) is 0 Å². The van der Waals surface area contributed by atoms with E-state index in [1.807, 2.05) is 24.3 Å². The highest BCUT2D eigenvalue weighted by Gasteiger charge is 2.25. The summed E-state index contributed by atoms with van der Waals surface area (Å²) in [7, 11) is 0. The van der Waals surface area contributed by atoms with Gasteiger partial charge in [-0.1, -0.05) is 6.07 Å². The topological polar surface area (TPSA) is 49.9 Å². The summed E-state index contributed by atoms with van der Waals surface area (Å²) in [6, 6.07) is 7.53. The molecule has 0 saturated carbocycles. The van der Waals surface area contributed by atoms with Crippen LogP contribution in [0, 0.1) is 3.57 Å². The number of halogens is 1. The predicted molar refractivity (Wildman–Crippen MR) is 83.7 cm³/mol. The number of ether oxygens (including phenoxy) is 1. The van der Waals surface area contributed by atoms with E-state index in [9.17, 15) is 9.59 Å². The molecule has 0 N–H and O–H groups in total. The standard InChI is InChI=1S/C14H17IN2O3/c1-2-20-14(19)17-8-6-16(7-9-17)13(18)11-4-3-5-12(15)10-11/h3-5,10H,2,6-9H2,1H3. The smallest absolute Gasteiger partial charge is 0.409 e. The summed E-state index contributed by atoms with van der Waals surface area (Å²) >= 11 is 2.19. The summed E-state index contributed by atoms with van der Waals surface area (Å²) in [5, 5.41) is 0. The van der Waals surface area contributed by atoms with E-state index in [1.165, 1.54) is 0 Å². The van der Waals surface area contributed by atoms with Gasteiger partial charge in [0.1, 0.15) is 0 Å². The number of benzene rings is 1. The van der Waals surface area contributed by atoms with Gasteiger partial charge in [0.25, 0.3) is 5.91 Å². The first-order chi connectivity index (χ1) is 9.61. The van der Waals surface area contributed by atoms with Gasteiger partial charge in [-0.25, -0.2) is 4.79 Å². The molecule has 1 saturated heterocycles. The number of rotatable bonds is 2. The van der Waals surface area contributed by atoms with Crippen molar-refractivity contribution in [2.45, 2.75) is 6.92 Å². The molecule has 0 spiro atoms. The van der Waals surface area contributed by atoms with Crippen molar-refractivity contribution in [1.82, 2.24) is 9.80 Å². The van der Waals surface area contributed by atoms with Crippen LogP contribution in [0.1, 0.15) is 17.3 Å². The lowest BCUT2D eigenvalue weighted by Crippen LogP contribution is -2.50. The Morgan fingerprint density at radius 3 is 2.45 bits per heavy atom. The van der Waals surface area contributed by atoms with Gasteiger partial charge in [0.2, 0.25) is 0 Å². The number of hydrogen-bond acceptors (Lipinski definition) is 3. The average molecular weight is 388 g/mol.